The fourth-order valence-electron chi connectivity index (χ4n) is 2.00. The number of carboxylic acids is 1. The van der Waals surface area contributed by atoms with E-state index in [1.165, 1.54) is 6.20 Å². The van der Waals surface area contributed by atoms with Crippen LogP contribution in [0.1, 0.15) is 26.3 Å². The van der Waals surface area contributed by atoms with Gasteiger partial charge < -0.3 is 19.7 Å². The first-order valence-electron chi connectivity index (χ1n) is 6.06. The number of amides is 1. The number of anilines is 1. The Morgan fingerprint density at radius 3 is 2.70 bits per heavy atom. The molecule has 1 aliphatic rings. The number of hydrogen-bond donors (Lipinski definition) is 1. The monoisotopic (exact) mass is 279 g/mol. The number of aliphatic carboxylic acids is 1. The lowest BCUT2D eigenvalue weighted by Crippen LogP contribution is -2.61. The van der Waals surface area contributed by atoms with Crippen molar-refractivity contribution in [3.63, 3.8) is 0 Å². The Labute approximate surface area is 115 Å². The second kappa shape index (κ2) is 4.45. The van der Waals surface area contributed by atoms with E-state index >= 15 is 0 Å². The Balaban J connectivity index is 2.45. The second-order valence-electron chi connectivity index (χ2n) is 5.58. The van der Waals surface area contributed by atoms with Gasteiger partial charge in [-0.1, -0.05) is 6.07 Å². The number of carbonyl (C=O) groups is 2. The van der Waals surface area contributed by atoms with Crippen molar-refractivity contribution in [2.75, 3.05) is 4.90 Å². The molecule has 7 heteroatoms. The zero-order valence-corrected chi connectivity index (χ0v) is 11.4. The first kappa shape index (κ1) is 14.3. The number of aromatic nitrogens is 1. The fourth-order valence-corrected chi connectivity index (χ4v) is 2.00. The lowest BCUT2D eigenvalue weighted by molar-refractivity contribution is -0.323. The standard InChI is InChI=1S/C13H16N2O5/c1-12(2,3)20-11(18)15-9-8(5-4-6-14-9)7-13(15,19)10(16)17/h4-6,19H,7H2,1-3H3,(H,16,17)/p-1. The molecule has 1 amide bonds. The van der Waals surface area contributed by atoms with E-state index in [0.29, 0.717) is 10.5 Å². The maximum absolute atomic E-state index is 12.2. The van der Waals surface area contributed by atoms with E-state index in [9.17, 15) is 19.8 Å². The minimum atomic E-state index is -2.49. The Morgan fingerprint density at radius 2 is 2.15 bits per heavy atom. The first-order valence-corrected chi connectivity index (χ1v) is 6.06. The largest absolute Gasteiger partial charge is 0.545 e. The molecule has 0 radical (unpaired) electrons. The van der Waals surface area contributed by atoms with Crippen LogP contribution in [0.15, 0.2) is 18.3 Å². The van der Waals surface area contributed by atoms with Gasteiger partial charge in [-0.2, -0.15) is 0 Å². The van der Waals surface area contributed by atoms with Crippen LogP contribution >= 0.6 is 0 Å². The van der Waals surface area contributed by atoms with E-state index in [4.69, 9.17) is 4.74 Å². The highest BCUT2D eigenvalue weighted by molar-refractivity contribution is 5.98. The third-order valence-corrected chi connectivity index (χ3v) is 2.79. The van der Waals surface area contributed by atoms with Crippen molar-refractivity contribution in [3.05, 3.63) is 23.9 Å². The molecule has 2 heterocycles. The van der Waals surface area contributed by atoms with Crippen LogP contribution in [0.2, 0.25) is 0 Å². The van der Waals surface area contributed by atoms with E-state index in [1.807, 2.05) is 0 Å². The van der Waals surface area contributed by atoms with Gasteiger partial charge in [0, 0.05) is 18.2 Å². The van der Waals surface area contributed by atoms with Crippen molar-refractivity contribution in [2.45, 2.75) is 38.5 Å². The van der Waals surface area contributed by atoms with E-state index in [0.717, 1.165) is 0 Å². The molecular weight excluding hydrogens is 264 g/mol. The summed E-state index contributed by atoms with van der Waals surface area (Å²) in [5.41, 5.74) is -2.88. The average molecular weight is 279 g/mol. The smallest absolute Gasteiger partial charge is 0.418 e. The van der Waals surface area contributed by atoms with Crippen molar-refractivity contribution < 1.29 is 24.5 Å². The van der Waals surface area contributed by atoms with Gasteiger partial charge in [-0.05, 0) is 26.8 Å². The fraction of sp³-hybridized carbons (Fsp3) is 0.462. The highest BCUT2D eigenvalue weighted by Crippen LogP contribution is 2.36. The van der Waals surface area contributed by atoms with Gasteiger partial charge in [-0.25, -0.2) is 14.7 Å². The molecule has 0 aromatic carbocycles. The Morgan fingerprint density at radius 1 is 1.50 bits per heavy atom. The Kier molecular flexibility index (Phi) is 3.17. The maximum Gasteiger partial charge on any atom is 0.418 e. The number of carboxylic acid groups (broad SMARTS) is 1. The summed E-state index contributed by atoms with van der Waals surface area (Å²) in [5.74, 6) is -1.71. The minimum absolute atomic E-state index is 0.0634. The Hall–Kier alpha value is -2.15. The summed E-state index contributed by atoms with van der Waals surface area (Å²) < 4.78 is 5.12. The molecule has 0 bridgehead atoms. The number of fused-ring (bicyclic) bond motifs is 1. The van der Waals surface area contributed by atoms with Crippen LogP contribution in [0, 0.1) is 0 Å². The summed E-state index contributed by atoms with van der Waals surface area (Å²) in [7, 11) is 0. The first-order chi connectivity index (χ1) is 9.15. The maximum atomic E-state index is 12.2. The number of aliphatic hydroxyl groups is 1. The van der Waals surface area contributed by atoms with Crippen LogP contribution < -0.4 is 10.0 Å². The summed E-state index contributed by atoms with van der Waals surface area (Å²) >= 11 is 0. The molecular formula is C13H15N2O5-. The highest BCUT2D eigenvalue weighted by atomic mass is 16.6. The van der Waals surface area contributed by atoms with E-state index in [-0.39, 0.29) is 12.2 Å². The predicted molar refractivity (Wildman–Crippen MR) is 66.6 cm³/mol. The van der Waals surface area contributed by atoms with Crippen LogP contribution in [-0.4, -0.2) is 33.5 Å². The van der Waals surface area contributed by atoms with Crippen molar-refractivity contribution in [3.8, 4) is 0 Å². The summed E-state index contributed by atoms with van der Waals surface area (Å²) in [5, 5.41) is 21.5. The molecule has 108 valence electrons. The van der Waals surface area contributed by atoms with E-state index in [1.54, 1.807) is 32.9 Å². The van der Waals surface area contributed by atoms with Gasteiger partial charge in [0.1, 0.15) is 11.4 Å². The highest BCUT2D eigenvalue weighted by Gasteiger charge is 2.49. The lowest BCUT2D eigenvalue weighted by atomic mass is 10.1. The van der Waals surface area contributed by atoms with Crippen molar-refractivity contribution in [1.29, 1.82) is 0 Å². The minimum Gasteiger partial charge on any atom is -0.545 e. The van der Waals surface area contributed by atoms with Crippen LogP contribution in [-0.2, 0) is 16.0 Å². The second-order valence-corrected chi connectivity index (χ2v) is 5.58. The van der Waals surface area contributed by atoms with E-state index in [2.05, 4.69) is 4.98 Å². The quantitative estimate of drug-likeness (QED) is 0.764. The summed E-state index contributed by atoms with van der Waals surface area (Å²) in [6.07, 6.45) is 0.122. The molecule has 1 atom stereocenters. The molecule has 0 spiro atoms. The zero-order valence-electron chi connectivity index (χ0n) is 11.4. The number of hydrogen-bond acceptors (Lipinski definition) is 6. The molecule has 0 fully saturated rings. The zero-order chi connectivity index (χ0) is 15.1. The van der Waals surface area contributed by atoms with Crippen LogP contribution in [0.25, 0.3) is 0 Å². The molecule has 0 saturated carbocycles. The predicted octanol–water partition coefficient (Wildman–Crippen LogP) is -0.182. The van der Waals surface area contributed by atoms with Crippen molar-refractivity contribution in [2.24, 2.45) is 0 Å². The number of carbonyl (C=O) groups excluding carboxylic acids is 2. The third-order valence-electron chi connectivity index (χ3n) is 2.79. The molecule has 0 aliphatic carbocycles. The topological polar surface area (TPSA) is 103 Å². The van der Waals surface area contributed by atoms with Gasteiger partial charge >= 0.3 is 6.09 Å². The SMILES string of the molecule is CC(C)(C)OC(=O)N1c2ncccc2CC1(O)C(=O)[O-]. The molecule has 1 unspecified atom stereocenters. The normalized spacial score (nSPS) is 21.5. The molecule has 1 aromatic heterocycles. The molecule has 1 aliphatic heterocycles. The Bertz CT molecular complexity index is 566. The van der Waals surface area contributed by atoms with E-state index < -0.39 is 23.4 Å². The number of ether oxygens (including phenoxy) is 1. The average Bonchev–Trinajstić information content (AvgIpc) is 2.60. The molecule has 0 saturated heterocycles. The molecule has 7 nitrogen and oxygen atoms in total. The van der Waals surface area contributed by atoms with Crippen LogP contribution in [0.5, 0.6) is 0 Å². The third kappa shape index (κ3) is 2.32. The summed E-state index contributed by atoms with van der Waals surface area (Å²) in [4.78, 5) is 28.0. The van der Waals surface area contributed by atoms with Gasteiger partial charge in [-0.3, -0.25) is 0 Å². The molecule has 1 N–H and O–H groups in total. The van der Waals surface area contributed by atoms with Crippen molar-refractivity contribution in [1.82, 2.24) is 4.98 Å². The molecule has 1 aromatic rings. The van der Waals surface area contributed by atoms with Gasteiger partial charge in [0.05, 0.1) is 5.97 Å². The van der Waals surface area contributed by atoms with Crippen molar-refractivity contribution >= 4 is 17.9 Å². The van der Waals surface area contributed by atoms with Crippen LogP contribution in [0.3, 0.4) is 0 Å². The number of pyridine rings is 1. The van der Waals surface area contributed by atoms with Crippen LogP contribution in [0.4, 0.5) is 10.6 Å². The van der Waals surface area contributed by atoms with Gasteiger partial charge in [-0.15, -0.1) is 0 Å². The van der Waals surface area contributed by atoms with Gasteiger partial charge in [0.2, 0.25) is 0 Å². The van der Waals surface area contributed by atoms with Gasteiger partial charge in [0.25, 0.3) is 0 Å². The molecule has 20 heavy (non-hydrogen) atoms. The molecule has 2 rings (SSSR count). The number of nitrogens with zero attached hydrogens (tertiary/aromatic N) is 2. The summed E-state index contributed by atoms with van der Waals surface area (Å²) in [6.45, 7) is 4.91. The summed E-state index contributed by atoms with van der Waals surface area (Å²) in [6, 6.07) is 3.17. The lowest BCUT2D eigenvalue weighted by Gasteiger charge is -2.34. The number of rotatable bonds is 1. The van der Waals surface area contributed by atoms with Gasteiger partial charge in [0.15, 0.2) is 5.72 Å².